The van der Waals surface area contributed by atoms with Crippen LogP contribution in [0.25, 0.3) is 75.7 Å². The van der Waals surface area contributed by atoms with Crippen LogP contribution in [0.1, 0.15) is 176 Å². The zero-order valence-electron chi connectivity index (χ0n) is 59.3. The minimum absolute atomic E-state index is 0.188. The second kappa shape index (κ2) is 34.1. The van der Waals surface area contributed by atoms with Crippen LogP contribution >= 0.6 is 69.8 Å². The van der Waals surface area contributed by atoms with Gasteiger partial charge in [0.25, 0.3) is 0 Å². The van der Waals surface area contributed by atoms with E-state index in [0.717, 1.165) is 58.1 Å². The SMILES string of the molecule is C=C1c2ccc(C)cc2C=CN1C(C)C.C=C1c2ccccc2C(F)=CN1C(C)C.C=C1c2ccccc2C=CN1C(C)C.CC(C)n1ccc2ncsc2c1=S.CC(C)n1ccc2ncsc2c1=S.COc1cc2ccsc2cc1C(C)C.Cc1cc2sccc2cc1C(C)C. The molecule has 5 aromatic carbocycles. The molecular weight excluding hydrogens is 1310 g/mol. The van der Waals surface area contributed by atoms with Crippen molar-refractivity contribution < 1.29 is 9.13 Å². The van der Waals surface area contributed by atoms with E-state index in [-0.39, 0.29) is 11.9 Å². The number of thiazole rings is 2. The largest absolute Gasteiger partial charge is 0.496 e. The molecular formula is C82H94FN7OS6. The van der Waals surface area contributed by atoms with Gasteiger partial charge in [0.2, 0.25) is 0 Å². The summed E-state index contributed by atoms with van der Waals surface area (Å²) in [6.07, 6.45) is 14.1. The summed E-state index contributed by atoms with van der Waals surface area (Å²) in [5.74, 6) is 1.96. The van der Waals surface area contributed by atoms with Crippen LogP contribution in [0.15, 0.2) is 188 Å². The van der Waals surface area contributed by atoms with Crippen LogP contribution in [-0.4, -0.2) is 59.0 Å². The minimum Gasteiger partial charge on any atom is -0.496 e. The maximum absolute atomic E-state index is 13.7. The molecule has 8 nitrogen and oxygen atoms in total. The summed E-state index contributed by atoms with van der Waals surface area (Å²) < 4.78 is 30.1. The molecule has 3 aliphatic heterocycles. The van der Waals surface area contributed by atoms with Gasteiger partial charge in [0.1, 0.15) is 20.9 Å². The minimum atomic E-state index is -0.188. The molecule has 0 fully saturated rings. The summed E-state index contributed by atoms with van der Waals surface area (Å²) in [6.45, 7) is 46.7. The molecule has 11 aromatic rings. The van der Waals surface area contributed by atoms with Crippen molar-refractivity contribution in [2.75, 3.05) is 7.11 Å². The highest BCUT2D eigenvalue weighted by Crippen LogP contribution is 2.37. The van der Waals surface area contributed by atoms with E-state index in [0.29, 0.717) is 41.6 Å². The monoisotopic (exact) mass is 1400 g/mol. The second-order valence-electron chi connectivity index (χ2n) is 26.1. The Bertz CT molecular complexity index is 4680. The molecule has 0 aliphatic carbocycles. The first-order valence-corrected chi connectivity index (χ1v) is 37.4. The predicted octanol–water partition coefficient (Wildman–Crippen LogP) is 25.8. The summed E-state index contributed by atoms with van der Waals surface area (Å²) in [5.41, 5.74) is 20.8. The third-order valence-corrected chi connectivity index (χ3v) is 21.4. The van der Waals surface area contributed by atoms with Crippen molar-refractivity contribution in [2.45, 2.75) is 153 Å². The molecule has 506 valence electrons. The molecule has 15 heteroatoms. The van der Waals surface area contributed by atoms with E-state index in [4.69, 9.17) is 29.2 Å². The second-order valence-corrected chi connectivity index (χ2v) is 30.5. The Morgan fingerprint density at radius 3 is 1.44 bits per heavy atom. The van der Waals surface area contributed by atoms with Crippen LogP contribution in [0.3, 0.4) is 0 Å². The normalized spacial score (nSPS) is 12.9. The van der Waals surface area contributed by atoms with Crippen molar-refractivity contribution in [1.29, 1.82) is 0 Å². The Hall–Kier alpha value is -7.89. The molecule has 97 heavy (non-hydrogen) atoms. The van der Waals surface area contributed by atoms with E-state index in [2.05, 4.69) is 260 Å². The Morgan fingerprint density at radius 1 is 0.474 bits per heavy atom. The number of ether oxygens (including phenoxy) is 1. The van der Waals surface area contributed by atoms with Gasteiger partial charge in [-0.05, 0) is 205 Å². The fraction of sp³-hybridized carbons (Fsp3) is 0.293. The average molecular weight is 1410 g/mol. The molecule has 6 aromatic heterocycles. The van der Waals surface area contributed by atoms with E-state index >= 15 is 0 Å². The molecule has 0 spiro atoms. The number of benzene rings is 5. The lowest BCUT2D eigenvalue weighted by molar-refractivity contribution is 0.408. The van der Waals surface area contributed by atoms with Crippen molar-refractivity contribution in [3.63, 3.8) is 0 Å². The number of aromatic nitrogens is 4. The molecule has 0 unspecified atom stereocenters. The number of halogens is 1. The zero-order valence-corrected chi connectivity index (χ0v) is 64.2. The van der Waals surface area contributed by atoms with Gasteiger partial charge in [0.05, 0.1) is 38.6 Å². The summed E-state index contributed by atoms with van der Waals surface area (Å²) in [5, 5.41) is 6.94. The number of aryl methyl sites for hydroxylation is 2. The summed E-state index contributed by atoms with van der Waals surface area (Å²) in [7, 11) is 1.74. The van der Waals surface area contributed by atoms with E-state index < -0.39 is 0 Å². The Kier molecular flexibility index (Phi) is 26.3. The van der Waals surface area contributed by atoms with Crippen molar-refractivity contribution in [2.24, 2.45) is 0 Å². The number of pyridine rings is 2. The lowest BCUT2D eigenvalue weighted by Crippen LogP contribution is -2.26. The fourth-order valence-corrected chi connectivity index (χ4v) is 15.7. The Morgan fingerprint density at radius 2 is 0.938 bits per heavy atom. The number of nitrogens with zero attached hydrogens (tertiary/aromatic N) is 7. The van der Waals surface area contributed by atoms with Gasteiger partial charge in [0.15, 0.2) is 0 Å². The molecule has 0 saturated heterocycles. The molecule has 0 radical (unpaired) electrons. The molecule has 0 saturated carbocycles. The number of methoxy groups -OCH3 is 1. The third kappa shape index (κ3) is 18.3. The molecule has 0 atom stereocenters. The zero-order chi connectivity index (χ0) is 70.5. The highest BCUT2D eigenvalue weighted by Gasteiger charge is 2.23. The molecule has 14 rings (SSSR count). The van der Waals surface area contributed by atoms with Crippen LogP contribution in [-0.2, 0) is 0 Å². The molecule has 3 aliphatic rings. The predicted molar refractivity (Wildman–Crippen MR) is 430 cm³/mol. The number of thiophene rings is 2. The van der Waals surface area contributed by atoms with E-state index in [1.54, 1.807) is 47.2 Å². The van der Waals surface area contributed by atoms with Crippen LogP contribution in [0.2, 0.25) is 0 Å². The highest BCUT2D eigenvalue weighted by molar-refractivity contribution is 7.72. The van der Waals surface area contributed by atoms with E-state index in [1.165, 1.54) is 70.9 Å². The first kappa shape index (κ1) is 74.9. The fourth-order valence-electron chi connectivity index (χ4n) is 11.5. The van der Waals surface area contributed by atoms with Crippen LogP contribution in [0.5, 0.6) is 5.75 Å². The van der Waals surface area contributed by atoms with Gasteiger partial charge in [0, 0.05) is 110 Å². The smallest absolute Gasteiger partial charge is 0.147 e. The van der Waals surface area contributed by atoms with Gasteiger partial charge >= 0.3 is 0 Å². The van der Waals surface area contributed by atoms with E-state index in [1.807, 2.05) is 83.8 Å². The van der Waals surface area contributed by atoms with Crippen LogP contribution in [0, 0.1) is 23.1 Å². The number of hydrogen-bond acceptors (Lipinski definition) is 12. The molecule has 0 N–H and O–H groups in total. The molecule has 9 heterocycles. The lowest BCUT2D eigenvalue weighted by Gasteiger charge is -2.31. The highest BCUT2D eigenvalue weighted by atomic mass is 32.1. The van der Waals surface area contributed by atoms with Gasteiger partial charge in [-0.2, -0.15) is 0 Å². The molecule has 0 bridgehead atoms. The van der Waals surface area contributed by atoms with Crippen LogP contribution < -0.4 is 4.74 Å². The number of rotatable bonds is 8. The Labute approximate surface area is 602 Å². The van der Waals surface area contributed by atoms with Crippen molar-refractivity contribution in [3.8, 4) is 5.75 Å². The van der Waals surface area contributed by atoms with Crippen molar-refractivity contribution >= 4 is 145 Å². The Balaban J connectivity index is 0.000000145. The average Bonchev–Trinajstić information content (AvgIpc) is 1.80. The van der Waals surface area contributed by atoms with Gasteiger partial charge in [-0.1, -0.05) is 144 Å². The topological polar surface area (TPSA) is 54.6 Å². The standard InChI is InChI=1S/C14H17N.C13H14FN.C13H15N.C12H14OS.C12H14S.2C9H10N2S2/c1-10(2)15-8-7-13-9-11(3)5-6-14(13)12(15)4;1-9(2)15-8-13(14)12-7-5-4-6-11(12)10(15)3;1-10(2)14-9-8-12-6-4-5-7-13(12)11(14)3;1-8(2)10-7-12-9(4-5-14-12)6-11(10)13-3;1-8(2)11-7-10-4-5-13-12(10)6-9(11)3;2*1-6(2)11-4-3-7-8(9(11)12)13-5-10-7/h5-10H,4H2,1-3H3;4-9H,3H2,1-2H3;4-10H,3H2,1-2H3;4-8H,1-3H3;4-8H,1-3H3;2*3-6H,1-2H3. The first-order valence-electron chi connectivity index (χ1n) is 33.1. The van der Waals surface area contributed by atoms with E-state index in [9.17, 15) is 4.39 Å². The molecule has 0 amide bonds. The third-order valence-electron chi connectivity index (χ3n) is 16.8. The number of fused-ring (bicyclic) bond motifs is 7. The van der Waals surface area contributed by atoms with Crippen molar-refractivity contribution in [1.82, 2.24) is 33.8 Å². The van der Waals surface area contributed by atoms with Gasteiger partial charge < -0.3 is 28.6 Å². The lowest BCUT2D eigenvalue weighted by atomic mass is 9.97. The van der Waals surface area contributed by atoms with Gasteiger partial charge in [-0.25, -0.2) is 14.4 Å². The van der Waals surface area contributed by atoms with Crippen molar-refractivity contribution in [3.05, 3.63) is 253 Å². The van der Waals surface area contributed by atoms with Crippen LogP contribution in [0.4, 0.5) is 4.39 Å². The summed E-state index contributed by atoms with van der Waals surface area (Å²) in [4.78, 5) is 14.7. The summed E-state index contributed by atoms with van der Waals surface area (Å²) in [6, 6.07) is 41.6. The quantitative estimate of drug-likeness (QED) is 0.140. The van der Waals surface area contributed by atoms with Gasteiger partial charge in [-0.15, -0.1) is 45.3 Å². The maximum atomic E-state index is 13.7. The summed E-state index contributed by atoms with van der Waals surface area (Å²) >= 11 is 17.5. The number of hydrogen-bond donors (Lipinski definition) is 0. The van der Waals surface area contributed by atoms with Gasteiger partial charge in [-0.3, -0.25) is 0 Å². The maximum Gasteiger partial charge on any atom is 0.147 e. The first-order chi connectivity index (χ1) is 46.2.